The van der Waals surface area contributed by atoms with Crippen molar-refractivity contribution in [3.63, 3.8) is 0 Å². The third-order valence-electron chi connectivity index (χ3n) is 2.94. The molecule has 0 aliphatic carbocycles. The van der Waals surface area contributed by atoms with Crippen molar-refractivity contribution in [1.29, 1.82) is 5.26 Å². The Hall–Kier alpha value is -0.590. The molecule has 0 saturated carbocycles. The minimum atomic E-state index is 0.0254. The fourth-order valence-electron chi connectivity index (χ4n) is 2.06. The summed E-state index contributed by atoms with van der Waals surface area (Å²) >= 11 is 0. The van der Waals surface area contributed by atoms with E-state index in [4.69, 9.17) is 5.26 Å². The number of hydrogen-bond donors (Lipinski definition) is 1. The monoisotopic (exact) mass is 195 g/mol. The highest BCUT2D eigenvalue weighted by Crippen LogP contribution is 2.11. The van der Waals surface area contributed by atoms with Crippen LogP contribution in [0.25, 0.3) is 0 Å². The van der Waals surface area contributed by atoms with Crippen molar-refractivity contribution in [1.82, 2.24) is 10.2 Å². The minimum Gasteiger partial charge on any atom is -0.313 e. The van der Waals surface area contributed by atoms with Crippen LogP contribution in [0.15, 0.2) is 0 Å². The Morgan fingerprint density at radius 2 is 2.21 bits per heavy atom. The van der Waals surface area contributed by atoms with E-state index in [0.29, 0.717) is 12.1 Å². The summed E-state index contributed by atoms with van der Waals surface area (Å²) in [7, 11) is 0. The van der Waals surface area contributed by atoms with Gasteiger partial charge in [0.05, 0.1) is 12.1 Å². The van der Waals surface area contributed by atoms with Crippen LogP contribution in [0.5, 0.6) is 0 Å². The lowest BCUT2D eigenvalue weighted by Crippen LogP contribution is -2.45. The molecule has 3 heteroatoms. The first-order chi connectivity index (χ1) is 6.65. The van der Waals surface area contributed by atoms with Crippen LogP contribution >= 0.6 is 0 Å². The standard InChI is InChI=1S/C11H21N3/c1-9(2)14(10(3)7-12)8-11-5-4-6-13-11/h9-11,13H,4-6,8H2,1-3H3. The predicted molar refractivity (Wildman–Crippen MR) is 57.9 cm³/mol. The molecule has 3 nitrogen and oxygen atoms in total. The van der Waals surface area contributed by atoms with Gasteiger partial charge in [-0.2, -0.15) is 5.26 Å². The summed E-state index contributed by atoms with van der Waals surface area (Å²) in [5.74, 6) is 0. The van der Waals surface area contributed by atoms with Crippen LogP contribution in [-0.2, 0) is 0 Å². The molecule has 0 bridgehead atoms. The lowest BCUT2D eigenvalue weighted by molar-refractivity contribution is 0.179. The minimum absolute atomic E-state index is 0.0254. The number of nitrogens with zero attached hydrogens (tertiary/aromatic N) is 2. The number of hydrogen-bond acceptors (Lipinski definition) is 3. The first-order valence-electron chi connectivity index (χ1n) is 5.54. The highest BCUT2D eigenvalue weighted by Gasteiger charge is 2.22. The molecule has 0 spiro atoms. The zero-order valence-corrected chi connectivity index (χ0v) is 9.45. The fourth-order valence-corrected chi connectivity index (χ4v) is 2.06. The Labute approximate surface area is 87.1 Å². The van der Waals surface area contributed by atoms with Crippen molar-refractivity contribution in [2.75, 3.05) is 13.1 Å². The zero-order chi connectivity index (χ0) is 10.6. The van der Waals surface area contributed by atoms with Crippen LogP contribution in [-0.4, -0.2) is 36.1 Å². The summed E-state index contributed by atoms with van der Waals surface area (Å²) in [6, 6.07) is 3.39. The second-order valence-electron chi connectivity index (χ2n) is 4.39. The van der Waals surface area contributed by atoms with E-state index in [0.717, 1.165) is 13.1 Å². The first kappa shape index (κ1) is 11.5. The van der Waals surface area contributed by atoms with Crippen LogP contribution in [0.3, 0.4) is 0 Å². The van der Waals surface area contributed by atoms with Crippen molar-refractivity contribution in [3.05, 3.63) is 0 Å². The molecule has 0 amide bonds. The molecule has 0 radical (unpaired) electrons. The second-order valence-corrected chi connectivity index (χ2v) is 4.39. The first-order valence-corrected chi connectivity index (χ1v) is 5.54. The summed E-state index contributed by atoms with van der Waals surface area (Å²) in [4.78, 5) is 2.27. The van der Waals surface area contributed by atoms with Gasteiger partial charge in [0.1, 0.15) is 0 Å². The van der Waals surface area contributed by atoms with E-state index in [1.54, 1.807) is 0 Å². The maximum Gasteiger partial charge on any atom is 0.0952 e. The van der Waals surface area contributed by atoms with Crippen LogP contribution in [0, 0.1) is 11.3 Å². The van der Waals surface area contributed by atoms with Crippen molar-refractivity contribution in [2.45, 2.75) is 51.7 Å². The summed E-state index contributed by atoms with van der Waals surface area (Å²) in [6.45, 7) is 8.43. The van der Waals surface area contributed by atoms with E-state index in [1.165, 1.54) is 12.8 Å². The van der Waals surface area contributed by atoms with Crippen LogP contribution < -0.4 is 5.32 Å². The molecule has 1 heterocycles. The summed E-state index contributed by atoms with van der Waals surface area (Å²) in [5.41, 5.74) is 0. The third-order valence-corrected chi connectivity index (χ3v) is 2.94. The second kappa shape index (κ2) is 5.33. The third kappa shape index (κ3) is 2.97. The van der Waals surface area contributed by atoms with E-state index in [1.807, 2.05) is 6.92 Å². The van der Waals surface area contributed by atoms with Crippen molar-refractivity contribution in [2.24, 2.45) is 0 Å². The maximum absolute atomic E-state index is 8.92. The molecule has 1 N–H and O–H groups in total. The molecular weight excluding hydrogens is 174 g/mol. The van der Waals surface area contributed by atoms with Crippen LogP contribution in [0.1, 0.15) is 33.6 Å². The smallest absolute Gasteiger partial charge is 0.0952 e. The molecule has 1 aliphatic rings. The van der Waals surface area contributed by atoms with Gasteiger partial charge >= 0.3 is 0 Å². The highest BCUT2D eigenvalue weighted by atomic mass is 15.2. The Bertz CT molecular complexity index is 201. The SMILES string of the molecule is CC(C)N(CC1CCCN1)C(C)C#N. The maximum atomic E-state index is 8.92. The molecule has 2 unspecified atom stereocenters. The Kier molecular flexibility index (Phi) is 4.37. The Morgan fingerprint density at radius 1 is 1.50 bits per heavy atom. The summed E-state index contributed by atoms with van der Waals surface area (Å²) < 4.78 is 0. The topological polar surface area (TPSA) is 39.1 Å². The van der Waals surface area contributed by atoms with Crippen molar-refractivity contribution in [3.8, 4) is 6.07 Å². The molecular formula is C11H21N3. The molecule has 14 heavy (non-hydrogen) atoms. The Morgan fingerprint density at radius 3 is 2.64 bits per heavy atom. The summed E-state index contributed by atoms with van der Waals surface area (Å²) in [6.07, 6.45) is 2.53. The normalized spacial score (nSPS) is 24.1. The van der Waals surface area contributed by atoms with Gasteiger partial charge in [0.2, 0.25) is 0 Å². The van der Waals surface area contributed by atoms with Gasteiger partial charge < -0.3 is 5.32 Å². The largest absolute Gasteiger partial charge is 0.313 e. The van der Waals surface area contributed by atoms with E-state index in [-0.39, 0.29) is 6.04 Å². The molecule has 1 aliphatic heterocycles. The fraction of sp³-hybridized carbons (Fsp3) is 0.909. The average molecular weight is 195 g/mol. The molecule has 0 aromatic heterocycles. The van der Waals surface area contributed by atoms with Gasteiger partial charge in [0.25, 0.3) is 0 Å². The molecule has 0 aromatic carbocycles. The van der Waals surface area contributed by atoms with E-state index >= 15 is 0 Å². The van der Waals surface area contributed by atoms with Crippen molar-refractivity contribution >= 4 is 0 Å². The molecule has 80 valence electrons. The van der Waals surface area contributed by atoms with Crippen LogP contribution in [0.2, 0.25) is 0 Å². The lowest BCUT2D eigenvalue weighted by atomic mass is 10.1. The van der Waals surface area contributed by atoms with Gasteiger partial charge in [0.15, 0.2) is 0 Å². The quantitative estimate of drug-likeness (QED) is 0.736. The molecule has 2 atom stereocenters. The Balaban J connectivity index is 2.46. The van der Waals surface area contributed by atoms with E-state index < -0.39 is 0 Å². The van der Waals surface area contributed by atoms with E-state index in [9.17, 15) is 0 Å². The average Bonchev–Trinajstić information content (AvgIpc) is 2.65. The number of rotatable bonds is 4. The highest BCUT2D eigenvalue weighted by molar-refractivity contribution is 4.92. The van der Waals surface area contributed by atoms with Gasteiger partial charge in [-0.1, -0.05) is 0 Å². The van der Waals surface area contributed by atoms with Gasteiger partial charge in [0, 0.05) is 18.6 Å². The molecule has 1 saturated heterocycles. The zero-order valence-electron chi connectivity index (χ0n) is 9.45. The molecule has 0 aromatic rings. The van der Waals surface area contributed by atoms with Gasteiger partial charge in [-0.3, -0.25) is 4.90 Å². The molecule has 1 rings (SSSR count). The van der Waals surface area contributed by atoms with Gasteiger partial charge in [-0.15, -0.1) is 0 Å². The predicted octanol–water partition coefficient (Wildman–Crippen LogP) is 1.36. The van der Waals surface area contributed by atoms with Crippen molar-refractivity contribution < 1.29 is 0 Å². The summed E-state index contributed by atoms with van der Waals surface area (Å²) in [5, 5.41) is 12.4. The lowest BCUT2D eigenvalue weighted by Gasteiger charge is -2.31. The van der Waals surface area contributed by atoms with Gasteiger partial charge in [-0.05, 0) is 40.2 Å². The number of nitriles is 1. The molecule has 1 fully saturated rings. The van der Waals surface area contributed by atoms with E-state index in [2.05, 4.69) is 30.1 Å². The van der Waals surface area contributed by atoms with Gasteiger partial charge in [-0.25, -0.2) is 0 Å². The number of nitrogens with one attached hydrogen (secondary N) is 1. The van der Waals surface area contributed by atoms with Crippen LogP contribution in [0.4, 0.5) is 0 Å².